The van der Waals surface area contributed by atoms with Gasteiger partial charge in [0.05, 0.1) is 5.57 Å². The molecule has 0 bridgehead atoms. The zero-order valence-corrected chi connectivity index (χ0v) is 15.1. The summed E-state index contributed by atoms with van der Waals surface area (Å²) in [6.45, 7) is 7.24. The van der Waals surface area contributed by atoms with Crippen LogP contribution >= 0.6 is 0 Å². The summed E-state index contributed by atoms with van der Waals surface area (Å²) in [7, 11) is 0. The molecule has 0 saturated heterocycles. The molecule has 0 aromatic carbocycles. The molecule has 0 fully saturated rings. The van der Waals surface area contributed by atoms with E-state index in [4.69, 9.17) is 9.47 Å². The summed E-state index contributed by atoms with van der Waals surface area (Å²) in [4.78, 5) is 24.9. The van der Waals surface area contributed by atoms with Crippen molar-refractivity contribution in [1.29, 1.82) is 0 Å². The summed E-state index contributed by atoms with van der Waals surface area (Å²) in [5.41, 5.74) is 3.39. The fraction of sp³-hybridized carbons (Fsp3) is 0.500. The highest BCUT2D eigenvalue weighted by Crippen LogP contribution is 2.44. The van der Waals surface area contributed by atoms with Crippen molar-refractivity contribution in [2.75, 3.05) is 0 Å². The van der Waals surface area contributed by atoms with Crippen LogP contribution in [0.15, 0.2) is 45.5 Å². The minimum atomic E-state index is -0.655. The summed E-state index contributed by atoms with van der Waals surface area (Å²) in [6.07, 6.45) is 3.54. The van der Waals surface area contributed by atoms with E-state index in [1.807, 2.05) is 6.08 Å². The molecule has 2 aliphatic heterocycles. The van der Waals surface area contributed by atoms with Gasteiger partial charge in [0.2, 0.25) is 0 Å². The van der Waals surface area contributed by atoms with E-state index in [-0.39, 0.29) is 35.6 Å². The second-order valence-electron chi connectivity index (χ2n) is 6.65. The second-order valence-corrected chi connectivity index (χ2v) is 6.65. The van der Waals surface area contributed by atoms with Crippen LogP contribution in [0.1, 0.15) is 53.4 Å². The van der Waals surface area contributed by atoms with Gasteiger partial charge < -0.3 is 14.6 Å². The predicted octanol–water partition coefficient (Wildman–Crippen LogP) is 3.82. The van der Waals surface area contributed by atoms with E-state index in [0.717, 1.165) is 24.0 Å². The van der Waals surface area contributed by atoms with Crippen LogP contribution in [0.2, 0.25) is 0 Å². The van der Waals surface area contributed by atoms with Gasteiger partial charge in [0.1, 0.15) is 11.9 Å². The van der Waals surface area contributed by atoms with E-state index >= 15 is 0 Å². The first-order valence-corrected chi connectivity index (χ1v) is 8.85. The van der Waals surface area contributed by atoms with E-state index in [2.05, 4.69) is 6.92 Å². The zero-order chi connectivity index (χ0) is 18.3. The van der Waals surface area contributed by atoms with E-state index in [1.54, 1.807) is 20.8 Å². The number of ketones is 1. The second kappa shape index (κ2) is 6.54. The largest absolute Gasteiger partial charge is 0.504 e. The molecule has 0 saturated carbocycles. The Balaban J connectivity index is 2.20. The van der Waals surface area contributed by atoms with Crippen molar-refractivity contribution < 1.29 is 24.2 Å². The fourth-order valence-corrected chi connectivity index (χ4v) is 3.79. The number of ether oxygens (including phenoxy) is 2. The van der Waals surface area contributed by atoms with Gasteiger partial charge in [-0.15, -0.1) is 0 Å². The lowest BCUT2D eigenvalue weighted by Gasteiger charge is -2.40. The lowest BCUT2D eigenvalue weighted by molar-refractivity contribution is -0.143. The van der Waals surface area contributed by atoms with Gasteiger partial charge in [0.15, 0.2) is 17.6 Å². The summed E-state index contributed by atoms with van der Waals surface area (Å²) in [5, 5.41) is 10.5. The van der Waals surface area contributed by atoms with Crippen LogP contribution in [0.4, 0.5) is 0 Å². The number of carbonyl (C=O) groups excluding carboxylic acids is 2. The monoisotopic (exact) mass is 344 g/mol. The average molecular weight is 344 g/mol. The number of esters is 1. The first kappa shape index (κ1) is 17.5. The van der Waals surface area contributed by atoms with Crippen molar-refractivity contribution >= 4 is 11.8 Å². The topological polar surface area (TPSA) is 72.8 Å². The van der Waals surface area contributed by atoms with Gasteiger partial charge in [-0.05, 0) is 31.4 Å². The smallest absolute Gasteiger partial charge is 0.334 e. The molecule has 2 unspecified atom stereocenters. The Kier molecular flexibility index (Phi) is 4.58. The molecule has 1 aliphatic carbocycles. The Hall–Kier alpha value is -2.30. The maximum atomic E-state index is 12.5. The third-order valence-electron chi connectivity index (χ3n) is 5.07. The maximum absolute atomic E-state index is 12.5. The Morgan fingerprint density at radius 1 is 1.28 bits per heavy atom. The molecule has 2 heterocycles. The molecule has 25 heavy (non-hydrogen) atoms. The number of carbonyl (C=O) groups is 2. The first-order valence-electron chi connectivity index (χ1n) is 8.85. The minimum Gasteiger partial charge on any atom is -0.504 e. The summed E-state index contributed by atoms with van der Waals surface area (Å²) >= 11 is 0. The zero-order valence-electron chi connectivity index (χ0n) is 15.1. The van der Waals surface area contributed by atoms with Crippen molar-refractivity contribution in [2.24, 2.45) is 0 Å². The van der Waals surface area contributed by atoms with Crippen molar-refractivity contribution in [2.45, 2.75) is 65.6 Å². The number of hydrogen-bond donors (Lipinski definition) is 1. The summed E-state index contributed by atoms with van der Waals surface area (Å²) in [5.74, 6) is -0.336. The molecule has 5 heteroatoms. The molecular weight excluding hydrogens is 320 g/mol. The molecule has 0 spiro atoms. The van der Waals surface area contributed by atoms with Crippen LogP contribution in [-0.2, 0) is 19.1 Å². The van der Waals surface area contributed by atoms with E-state index in [0.29, 0.717) is 23.3 Å². The van der Waals surface area contributed by atoms with E-state index in [1.165, 1.54) is 0 Å². The number of aliphatic hydroxyl groups is 1. The van der Waals surface area contributed by atoms with Gasteiger partial charge in [-0.1, -0.05) is 26.3 Å². The summed E-state index contributed by atoms with van der Waals surface area (Å²) < 4.78 is 11.5. The quantitative estimate of drug-likeness (QED) is 0.785. The van der Waals surface area contributed by atoms with Crippen molar-refractivity contribution in [3.63, 3.8) is 0 Å². The number of fused-ring (bicyclic) bond motifs is 3. The molecule has 1 N–H and O–H groups in total. The summed E-state index contributed by atoms with van der Waals surface area (Å²) in [6, 6.07) is 0. The number of Topliss-reactive ketones (excluding diaryl/α,β-unsaturated/α-hetero) is 1. The standard InChI is InChI=1S/C20H24O5/c1-5-7-12-10(3)20(23)25-19-13(12)8-9-15-17(19)16(14(21)6-2)18(22)11(4)24-15/h8,15,19,22H,5-7,9H2,1-4H3. The molecule has 0 aromatic heterocycles. The van der Waals surface area contributed by atoms with Gasteiger partial charge in [0.25, 0.3) is 0 Å². The average Bonchev–Trinajstić information content (AvgIpc) is 2.59. The van der Waals surface area contributed by atoms with E-state index in [9.17, 15) is 14.7 Å². The highest BCUT2D eigenvalue weighted by Gasteiger charge is 2.44. The van der Waals surface area contributed by atoms with Crippen LogP contribution in [-0.4, -0.2) is 29.1 Å². The third kappa shape index (κ3) is 2.71. The van der Waals surface area contributed by atoms with Crippen molar-refractivity contribution in [3.8, 4) is 0 Å². The Labute approximate surface area is 147 Å². The molecule has 5 nitrogen and oxygen atoms in total. The van der Waals surface area contributed by atoms with E-state index < -0.39 is 6.10 Å². The number of allylic oxidation sites excluding steroid dienone is 2. The lowest BCUT2D eigenvalue weighted by atomic mass is 9.77. The van der Waals surface area contributed by atoms with Crippen LogP contribution < -0.4 is 0 Å². The number of hydrogen-bond acceptors (Lipinski definition) is 5. The van der Waals surface area contributed by atoms with Gasteiger partial charge in [-0.2, -0.15) is 0 Å². The Morgan fingerprint density at radius 2 is 2.00 bits per heavy atom. The first-order chi connectivity index (χ1) is 11.9. The molecule has 3 aliphatic rings. The SMILES string of the molecule is CCCC1=C(C)C(=O)OC2C1=CCC1OC(C)=C(O)C(C(=O)CC)=C12. The minimum absolute atomic E-state index is 0.140. The van der Waals surface area contributed by atoms with Crippen LogP contribution in [0, 0.1) is 0 Å². The third-order valence-corrected chi connectivity index (χ3v) is 5.07. The molecule has 134 valence electrons. The van der Waals surface area contributed by atoms with Crippen LogP contribution in [0.25, 0.3) is 0 Å². The molecule has 3 rings (SSSR count). The Morgan fingerprint density at radius 3 is 2.64 bits per heavy atom. The van der Waals surface area contributed by atoms with Crippen LogP contribution in [0.3, 0.4) is 0 Å². The Bertz CT molecular complexity index is 763. The van der Waals surface area contributed by atoms with Crippen molar-refractivity contribution in [3.05, 3.63) is 45.5 Å². The normalized spacial score (nSPS) is 25.9. The number of aliphatic hydroxyl groups excluding tert-OH is 1. The highest BCUT2D eigenvalue weighted by atomic mass is 16.5. The molecular formula is C20H24O5. The lowest BCUT2D eigenvalue weighted by Crippen LogP contribution is -2.41. The number of rotatable bonds is 4. The van der Waals surface area contributed by atoms with Gasteiger partial charge in [-0.3, -0.25) is 4.79 Å². The predicted molar refractivity (Wildman–Crippen MR) is 92.7 cm³/mol. The molecule has 2 atom stereocenters. The van der Waals surface area contributed by atoms with Gasteiger partial charge in [0, 0.05) is 24.0 Å². The molecule has 0 amide bonds. The maximum Gasteiger partial charge on any atom is 0.334 e. The van der Waals surface area contributed by atoms with Crippen molar-refractivity contribution in [1.82, 2.24) is 0 Å². The molecule has 0 radical (unpaired) electrons. The molecule has 0 aromatic rings. The van der Waals surface area contributed by atoms with Gasteiger partial charge in [-0.25, -0.2) is 4.79 Å². The van der Waals surface area contributed by atoms with Crippen LogP contribution in [0.5, 0.6) is 0 Å². The fourth-order valence-electron chi connectivity index (χ4n) is 3.79. The highest BCUT2D eigenvalue weighted by molar-refractivity contribution is 6.01. The van der Waals surface area contributed by atoms with Gasteiger partial charge >= 0.3 is 5.97 Å².